The van der Waals surface area contributed by atoms with Crippen LogP contribution in [-0.4, -0.2) is 63.6 Å². The molecule has 8 nitrogen and oxygen atoms in total. The lowest BCUT2D eigenvalue weighted by Gasteiger charge is -2.34. The van der Waals surface area contributed by atoms with Crippen LogP contribution in [0.2, 0.25) is 0 Å². The molecule has 2 aliphatic rings. The second kappa shape index (κ2) is 11.3. The zero-order valence-electron chi connectivity index (χ0n) is 19.4. The van der Waals surface area contributed by atoms with E-state index in [1.165, 1.54) is 4.31 Å². The number of carbonyl (C=O) groups excluding carboxylic acids is 1. The number of nitrogens with one attached hydrogen (secondary N) is 2. The highest BCUT2D eigenvalue weighted by molar-refractivity contribution is 7.87. The zero-order chi connectivity index (χ0) is 23.9. The Balaban J connectivity index is 1.80. The largest absolute Gasteiger partial charge is 0.496 e. The van der Waals surface area contributed by atoms with Crippen molar-refractivity contribution in [2.75, 3.05) is 39.9 Å². The lowest BCUT2D eigenvalue weighted by molar-refractivity contribution is -0.117. The smallest absolute Gasteiger partial charge is 0.279 e. The molecule has 1 saturated heterocycles. The van der Waals surface area contributed by atoms with Gasteiger partial charge in [0.05, 0.1) is 19.3 Å². The highest BCUT2D eigenvalue weighted by Crippen LogP contribution is 2.36. The third-order valence-electron chi connectivity index (χ3n) is 6.47. The van der Waals surface area contributed by atoms with Crippen molar-refractivity contribution in [1.29, 1.82) is 0 Å². The normalized spacial score (nSPS) is 24.4. The fraction of sp³-hybridized carbons (Fsp3) is 0.542. The highest BCUT2D eigenvalue weighted by atomic mass is 32.2. The summed E-state index contributed by atoms with van der Waals surface area (Å²) in [6.07, 6.45) is 6.69. The van der Waals surface area contributed by atoms with E-state index in [1.807, 2.05) is 42.5 Å². The molecule has 182 valence electrons. The van der Waals surface area contributed by atoms with E-state index in [2.05, 4.69) is 17.0 Å². The molecule has 1 aliphatic carbocycles. The van der Waals surface area contributed by atoms with Crippen LogP contribution in [0.5, 0.6) is 0 Å². The molecule has 1 fully saturated rings. The summed E-state index contributed by atoms with van der Waals surface area (Å²) >= 11 is 0. The van der Waals surface area contributed by atoms with Crippen LogP contribution < -0.4 is 10.0 Å². The lowest BCUT2D eigenvalue weighted by atomic mass is 9.74. The Morgan fingerprint density at radius 3 is 2.70 bits per heavy atom. The molecule has 3 rings (SSSR count). The molecule has 0 bridgehead atoms. The number of allylic oxidation sites excluding steroid dienone is 2. The van der Waals surface area contributed by atoms with E-state index in [0.29, 0.717) is 43.8 Å². The summed E-state index contributed by atoms with van der Waals surface area (Å²) in [6.45, 7) is 2.92. The maximum atomic E-state index is 13.1. The van der Waals surface area contributed by atoms with E-state index in [0.717, 1.165) is 18.4 Å². The second-order valence-corrected chi connectivity index (χ2v) is 10.5. The molecular formula is C24H35N3O5S. The number of hydrogen-bond donors (Lipinski definition) is 3. The predicted molar refractivity (Wildman–Crippen MR) is 128 cm³/mol. The third-order valence-corrected chi connectivity index (χ3v) is 8.08. The van der Waals surface area contributed by atoms with Crippen molar-refractivity contribution in [1.82, 2.24) is 14.3 Å². The molecule has 1 heterocycles. The first-order chi connectivity index (χ1) is 15.8. The van der Waals surface area contributed by atoms with Gasteiger partial charge in [0.15, 0.2) is 0 Å². The molecule has 0 aromatic heterocycles. The molecule has 1 aliphatic heterocycles. The number of hydrogen-bond acceptors (Lipinski definition) is 5. The SMILES string of the molecule is COC1=CC[C@@H](C)C=C1C(=O)NCC1(c2ccccc2)CCCN(S(=O)(=O)NCCO)CC1. The first kappa shape index (κ1) is 25.4. The minimum Gasteiger partial charge on any atom is -0.496 e. The van der Waals surface area contributed by atoms with E-state index >= 15 is 0 Å². The minimum atomic E-state index is -3.66. The number of aliphatic hydroxyl groups excluding tert-OH is 1. The molecular weight excluding hydrogens is 442 g/mol. The van der Waals surface area contributed by atoms with Gasteiger partial charge in [-0.3, -0.25) is 4.79 Å². The van der Waals surface area contributed by atoms with Crippen molar-refractivity contribution in [3.63, 3.8) is 0 Å². The number of aliphatic hydroxyl groups is 1. The van der Waals surface area contributed by atoms with Crippen LogP contribution in [0.15, 0.2) is 53.8 Å². The van der Waals surface area contributed by atoms with E-state index in [1.54, 1.807) is 7.11 Å². The molecule has 9 heteroatoms. The average molecular weight is 478 g/mol. The molecule has 1 amide bonds. The zero-order valence-corrected chi connectivity index (χ0v) is 20.2. The number of methoxy groups -OCH3 is 1. The monoisotopic (exact) mass is 477 g/mol. The second-order valence-electron chi connectivity index (χ2n) is 8.77. The van der Waals surface area contributed by atoms with Gasteiger partial charge in [0.1, 0.15) is 5.76 Å². The van der Waals surface area contributed by atoms with Gasteiger partial charge in [-0.2, -0.15) is 17.4 Å². The average Bonchev–Trinajstić information content (AvgIpc) is 3.06. The van der Waals surface area contributed by atoms with Crippen molar-refractivity contribution in [3.8, 4) is 0 Å². The molecule has 0 spiro atoms. The Kier molecular flexibility index (Phi) is 8.69. The van der Waals surface area contributed by atoms with E-state index in [9.17, 15) is 13.2 Å². The molecule has 1 aromatic rings. The molecule has 33 heavy (non-hydrogen) atoms. The highest BCUT2D eigenvalue weighted by Gasteiger charge is 2.37. The maximum absolute atomic E-state index is 13.1. The Morgan fingerprint density at radius 2 is 2.00 bits per heavy atom. The van der Waals surface area contributed by atoms with Crippen LogP contribution in [0.4, 0.5) is 0 Å². The fourth-order valence-electron chi connectivity index (χ4n) is 4.60. The Labute approximate surface area is 196 Å². The first-order valence-corrected chi connectivity index (χ1v) is 12.9. The van der Waals surface area contributed by atoms with Crippen molar-refractivity contribution in [2.24, 2.45) is 5.92 Å². The third kappa shape index (κ3) is 6.23. The van der Waals surface area contributed by atoms with Crippen molar-refractivity contribution < 1.29 is 23.1 Å². The summed E-state index contributed by atoms with van der Waals surface area (Å²) in [6, 6.07) is 9.98. The molecule has 1 unspecified atom stereocenters. The Hall–Kier alpha value is -2.20. The summed E-state index contributed by atoms with van der Waals surface area (Å²) in [4.78, 5) is 13.1. The van der Waals surface area contributed by atoms with Gasteiger partial charge in [-0.05, 0) is 43.2 Å². The number of benzene rings is 1. The number of carbonyl (C=O) groups is 1. The fourth-order valence-corrected chi connectivity index (χ4v) is 5.83. The molecule has 2 atom stereocenters. The van der Waals surface area contributed by atoms with Crippen LogP contribution in [-0.2, 0) is 25.2 Å². The quantitative estimate of drug-likeness (QED) is 0.503. The summed E-state index contributed by atoms with van der Waals surface area (Å²) in [7, 11) is -2.09. The minimum absolute atomic E-state index is 0.0123. The first-order valence-electron chi connectivity index (χ1n) is 11.5. The van der Waals surface area contributed by atoms with Gasteiger partial charge in [0.2, 0.25) is 0 Å². The summed E-state index contributed by atoms with van der Waals surface area (Å²) in [5, 5.41) is 12.1. The summed E-state index contributed by atoms with van der Waals surface area (Å²) < 4.78 is 34.5. The predicted octanol–water partition coefficient (Wildman–Crippen LogP) is 1.85. The number of rotatable bonds is 9. The summed E-state index contributed by atoms with van der Waals surface area (Å²) in [5.74, 6) is 0.673. The van der Waals surface area contributed by atoms with Gasteiger partial charge in [-0.15, -0.1) is 0 Å². The van der Waals surface area contributed by atoms with Crippen LogP contribution in [0, 0.1) is 5.92 Å². The van der Waals surface area contributed by atoms with Gasteiger partial charge >= 0.3 is 0 Å². The molecule has 1 aromatic carbocycles. The standard InChI is InChI=1S/C24H35N3O5S/c1-19-9-10-22(32-2)21(17-19)23(29)25-18-24(20-7-4-3-5-8-20)11-6-14-27(15-12-24)33(30,31)26-13-16-28/h3-5,7-8,10,17,19,26,28H,6,9,11-16,18H2,1-2H3,(H,25,29)/t19-,24?/m1/s1. The number of amides is 1. The van der Waals surface area contributed by atoms with E-state index < -0.39 is 15.6 Å². The van der Waals surface area contributed by atoms with Crippen LogP contribution in [0.3, 0.4) is 0 Å². The Morgan fingerprint density at radius 1 is 1.24 bits per heavy atom. The molecule has 0 saturated carbocycles. The molecule has 0 radical (unpaired) electrons. The van der Waals surface area contributed by atoms with E-state index in [-0.39, 0.29) is 25.0 Å². The topological polar surface area (TPSA) is 108 Å². The van der Waals surface area contributed by atoms with Gasteiger partial charge in [-0.1, -0.05) is 43.3 Å². The lowest BCUT2D eigenvalue weighted by Crippen LogP contribution is -2.44. The van der Waals surface area contributed by atoms with E-state index in [4.69, 9.17) is 9.84 Å². The molecule has 3 N–H and O–H groups in total. The van der Waals surface area contributed by atoms with Crippen molar-refractivity contribution >= 4 is 16.1 Å². The van der Waals surface area contributed by atoms with Crippen LogP contribution in [0.1, 0.15) is 38.2 Å². The van der Waals surface area contributed by atoms with Gasteiger partial charge in [-0.25, -0.2) is 0 Å². The van der Waals surface area contributed by atoms with Gasteiger partial charge in [0.25, 0.3) is 16.1 Å². The van der Waals surface area contributed by atoms with Gasteiger partial charge < -0.3 is 15.2 Å². The number of nitrogens with zero attached hydrogens (tertiary/aromatic N) is 1. The van der Waals surface area contributed by atoms with Crippen LogP contribution >= 0.6 is 0 Å². The number of ether oxygens (including phenoxy) is 1. The maximum Gasteiger partial charge on any atom is 0.279 e. The van der Waals surface area contributed by atoms with Crippen molar-refractivity contribution in [2.45, 2.75) is 38.0 Å². The van der Waals surface area contributed by atoms with Gasteiger partial charge in [0, 0.05) is 31.6 Å². The van der Waals surface area contributed by atoms with Crippen LogP contribution in [0.25, 0.3) is 0 Å². The Bertz CT molecular complexity index is 977. The summed E-state index contributed by atoms with van der Waals surface area (Å²) in [5.41, 5.74) is 1.24. The van der Waals surface area contributed by atoms with Crippen molar-refractivity contribution in [3.05, 3.63) is 59.4 Å².